The van der Waals surface area contributed by atoms with Crippen molar-refractivity contribution >= 4 is 19.8 Å². The molecule has 2 unspecified atom stereocenters. The van der Waals surface area contributed by atoms with Crippen molar-refractivity contribution in [1.29, 1.82) is 0 Å². The van der Waals surface area contributed by atoms with Gasteiger partial charge in [0.15, 0.2) is 6.10 Å². The molecule has 1 aromatic carbocycles. The highest BCUT2D eigenvalue weighted by Gasteiger charge is 2.36. The highest BCUT2D eigenvalue weighted by molar-refractivity contribution is 7.47. The van der Waals surface area contributed by atoms with E-state index < -0.39 is 32.1 Å². The number of esters is 2. The zero-order valence-electron chi connectivity index (χ0n) is 41.1. The molecule has 1 aromatic rings. The molecule has 366 valence electrons. The smallest absolute Gasteiger partial charge is 0.472 e. The molecule has 0 saturated carbocycles. The van der Waals surface area contributed by atoms with Crippen LogP contribution in [0.25, 0.3) is 0 Å². The second-order valence-electron chi connectivity index (χ2n) is 18.9. The van der Waals surface area contributed by atoms with Crippen molar-refractivity contribution < 1.29 is 47.4 Å². The third kappa shape index (κ3) is 26.0. The highest BCUT2D eigenvalue weighted by Crippen LogP contribution is 2.46. The van der Waals surface area contributed by atoms with E-state index in [9.17, 15) is 24.2 Å². The van der Waals surface area contributed by atoms with Gasteiger partial charge in [0.25, 0.3) is 0 Å². The minimum atomic E-state index is -4.55. The Balaban J connectivity index is 1.75. The normalized spacial score (nSPS) is 16.3. The third-order valence-electron chi connectivity index (χ3n) is 13.1. The monoisotopic (exact) mass is 909 g/mol. The largest absolute Gasteiger partial charge is 0.507 e. The van der Waals surface area contributed by atoms with Crippen LogP contribution in [0.1, 0.15) is 248 Å². The maximum Gasteiger partial charge on any atom is 0.472 e. The Bertz CT molecular complexity index is 1430. The lowest BCUT2D eigenvalue weighted by Gasteiger charge is -2.38. The van der Waals surface area contributed by atoms with E-state index in [1.54, 1.807) is 0 Å². The number of hydrogen-bond acceptors (Lipinski definition) is 9. The third-order valence-corrected chi connectivity index (χ3v) is 14.1. The molecule has 1 aliphatic heterocycles. The van der Waals surface area contributed by atoms with Crippen LogP contribution < -0.4 is 4.74 Å². The number of phenols is 1. The SMILES string of the molecule is CCCCCCCCCCCCCCCCCC(=O)OC[C@H](COP(=O)(O)OCCC1(C)CCc2c(C)c(O)c(C)c(C)c2O1)OC(=O)CCCCCCCCCCCCCCC. The van der Waals surface area contributed by atoms with Gasteiger partial charge in [-0.15, -0.1) is 0 Å². The van der Waals surface area contributed by atoms with Crippen molar-refractivity contribution in [3.8, 4) is 11.5 Å². The van der Waals surface area contributed by atoms with Crippen LogP contribution >= 0.6 is 7.82 Å². The van der Waals surface area contributed by atoms with Crippen molar-refractivity contribution in [3.05, 3.63) is 22.3 Å². The van der Waals surface area contributed by atoms with Gasteiger partial charge in [-0.1, -0.05) is 181 Å². The van der Waals surface area contributed by atoms with Crippen LogP contribution in [-0.4, -0.2) is 53.5 Å². The molecule has 0 amide bonds. The quantitative estimate of drug-likeness (QED) is 0.0372. The number of phenolic OH excluding ortho intramolecular Hbond substituents is 1. The molecule has 1 heterocycles. The molecule has 0 aromatic heterocycles. The fourth-order valence-electron chi connectivity index (χ4n) is 8.61. The number of benzene rings is 1. The summed E-state index contributed by atoms with van der Waals surface area (Å²) in [6.45, 7) is 11.3. The zero-order chi connectivity index (χ0) is 46.2. The number of fused-ring (bicyclic) bond motifs is 1. The Kier molecular flexibility index (Phi) is 31.0. The van der Waals surface area contributed by atoms with E-state index in [-0.39, 0.29) is 32.0 Å². The zero-order valence-corrected chi connectivity index (χ0v) is 42.0. The average Bonchev–Trinajstić information content (AvgIpc) is 3.25. The number of unbranched alkanes of at least 4 members (excludes halogenated alkanes) is 26. The number of carbonyl (C=O) groups is 2. The molecule has 10 nitrogen and oxygen atoms in total. The molecular weight excluding hydrogens is 816 g/mol. The summed E-state index contributed by atoms with van der Waals surface area (Å²) in [7, 11) is -4.55. The topological polar surface area (TPSA) is 138 Å². The van der Waals surface area contributed by atoms with Crippen molar-refractivity contribution in [2.45, 2.75) is 265 Å². The van der Waals surface area contributed by atoms with E-state index in [2.05, 4.69) is 13.8 Å². The molecule has 2 N–H and O–H groups in total. The van der Waals surface area contributed by atoms with Crippen LogP contribution in [0.15, 0.2) is 0 Å². The van der Waals surface area contributed by atoms with E-state index >= 15 is 0 Å². The number of ether oxygens (including phenoxy) is 3. The summed E-state index contributed by atoms with van der Waals surface area (Å²) in [4.78, 5) is 36.2. The standard InChI is InChI=1S/C52H93O10P/c1-7-9-11-13-15-17-19-21-22-24-25-27-29-31-33-35-48(53)58-41-46(61-49(54)36-34-32-30-28-26-23-20-18-16-14-12-10-8-2)42-60-63(56,57)59-40-39-52(6)38-37-47-45(5)50(55)43(3)44(4)51(47)62-52/h46,55H,7-42H2,1-6H3,(H,56,57)/t46-,52?/m1/s1. The second-order valence-corrected chi connectivity index (χ2v) is 20.4. The number of phosphoric acid groups is 1. The van der Waals surface area contributed by atoms with Crippen molar-refractivity contribution in [2.24, 2.45) is 0 Å². The summed E-state index contributed by atoms with van der Waals surface area (Å²) < 4.78 is 41.3. The van der Waals surface area contributed by atoms with Crippen molar-refractivity contribution in [3.63, 3.8) is 0 Å². The average molecular weight is 909 g/mol. The summed E-state index contributed by atoms with van der Waals surface area (Å²) in [5.41, 5.74) is 2.79. The van der Waals surface area contributed by atoms with Crippen molar-refractivity contribution in [2.75, 3.05) is 19.8 Å². The fourth-order valence-corrected chi connectivity index (χ4v) is 9.36. The Morgan fingerprint density at radius 2 is 1.05 bits per heavy atom. The van der Waals surface area contributed by atoms with E-state index in [1.807, 2.05) is 27.7 Å². The molecule has 11 heteroatoms. The van der Waals surface area contributed by atoms with Gasteiger partial charge in [-0.05, 0) is 70.1 Å². The molecule has 0 radical (unpaired) electrons. The van der Waals surface area contributed by atoms with E-state index in [0.717, 1.165) is 66.5 Å². The van der Waals surface area contributed by atoms with Crippen LogP contribution in [0.4, 0.5) is 0 Å². The fraction of sp³-hybridized carbons (Fsp3) is 0.846. The lowest BCUT2D eigenvalue weighted by atomic mass is 9.86. The molecule has 0 spiro atoms. The van der Waals surface area contributed by atoms with Crippen molar-refractivity contribution in [1.82, 2.24) is 0 Å². The first-order chi connectivity index (χ1) is 30.3. The summed E-state index contributed by atoms with van der Waals surface area (Å²) in [6, 6.07) is 0. The van der Waals surface area contributed by atoms with Gasteiger partial charge >= 0.3 is 19.8 Å². The predicted molar refractivity (Wildman–Crippen MR) is 257 cm³/mol. The first kappa shape index (κ1) is 57.0. The molecule has 1 aliphatic rings. The summed E-state index contributed by atoms with van der Waals surface area (Å²) in [5.74, 6) is 0.204. The predicted octanol–water partition coefficient (Wildman–Crippen LogP) is 15.1. The van der Waals surface area contributed by atoms with Gasteiger partial charge in [0, 0.05) is 24.8 Å². The van der Waals surface area contributed by atoms with Crippen LogP contribution in [0.3, 0.4) is 0 Å². The van der Waals surface area contributed by atoms with Crippen LogP contribution in [0.2, 0.25) is 0 Å². The van der Waals surface area contributed by atoms with Gasteiger partial charge in [0.1, 0.15) is 23.7 Å². The minimum Gasteiger partial charge on any atom is -0.507 e. The number of phosphoric ester groups is 1. The summed E-state index contributed by atoms with van der Waals surface area (Å²) in [5, 5.41) is 10.5. The first-order valence-electron chi connectivity index (χ1n) is 25.8. The maximum absolute atomic E-state index is 13.0. The second kappa shape index (κ2) is 34.2. The molecule has 3 atom stereocenters. The van der Waals surface area contributed by atoms with Crippen LogP contribution in [-0.2, 0) is 39.1 Å². The molecule has 0 aliphatic carbocycles. The van der Waals surface area contributed by atoms with Gasteiger partial charge < -0.3 is 24.2 Å². The first-order valence-corrected chi connectivity index (χ1v) is 27.3. The number of aromatic hydroxyl groups is 1. The van der Waals surface area contributed by atoms with Gasteiger partial charge in [0.2, 0.25) is 0 Å². The lowest BCUT2D eigenvalue weighted by Crippen LogP contribution is -2.38. The molecule has 63 heavy (non-hydrogen) atoms. The van der Waals surface area contributed by atoms with E-state index in [0.29, 0.717) is 31.4 Å². The van der Waals surface area contributed by atoms with E-state index in [1.165, 1.54) is 135 Å². The summed E-state index contributed by atoms with van der Waals surface area (Å²) in [6.07, 6.45) is 35.4. The van der Waals surface area contributed by atoms with E-state index in [4.69, 9.17) is 23.3 Å². The Hall–Kier alpha value is -2.13. The molecule has 0 saturated heterocycles. The Morgan fingerprint density at radius 3 is 1.51 bits per heavy atom. The molecular formula is C52H93O10P. The number of rotatable bonds is 40. The lowest BCUT2D eigenvalue weighted by molar-refractivity contribution is -0.161. The van der Waals surface area contributed by atoms with Gasteiger partial charge in [-0.3, -0.25) is 18.6 Å². The molecule has 2 rings (SSSR count). The number of carbonyl (C=O) groups excluding carboxylic acids is 2. The minimum absolute atomic E-state index is 0.105. The Labute approximate surface area is 384 Å². The van der Waals surface area contributed by atoms with Gasteiger partial charge in [-0.2, -0.15) is 0 Å². The maximum atomic E-state index is 13.0. The van der Waals surface area contributed by atoms with Crippen LogP contribution in [0.5, 0.6) is 11.5 Å². The number of hydrogen-bond donors (Lipinski definition) is 2. The Morgan fingerprint density at radius 1 is 0.619 bits per heavy atom. The van der Waals surface area contributed by atoms with Gasteiger partial charge in [0.05, 0.1) is 13.2 Å². The summed E-state index contributed by atoms with van der Waals surface area (Å²) >= 11 is 0. The molecule has 0 bridgehead atoms. The molecule has 0 fully saturated rings. The van der Waals surface area contributed by atoms with Crippen LogP contribution in [0, 0.1) is 20.8 Å². The highest BCUT2D eigenvalue weighted by atomic mass is 31.2. The van der Waals surface area contributed by atoms with Gasteiger partial charge in [-0.25, -0.2) is 4.57 Å².